The second-order valence-electron chi connectivity index (χ2n) is 5.42. The van der Waals surface area contributed by atoms with Crippen molar-refractivity contribution in [2.75, 3.05) is 11.9 Å². The van der Waals surface area contributed by atoms with E-state index >= 15 is 0 Å². The molecule has 0 saturated heterocycles. The molecular weight excluding hydrogens is 306 g/mol. The summed E-state index contributed by atoms with van der Waals surface area (Å²) in [7, 11) is 1.98. The van der Waals surface area contributed by atoms with Gasteiger partial charge in [-0.25, -0.2) is 0 Å². The van der Waals surface area contributed by atoms with E-state index in [1.807, 2.05) is 25.3 Å². The Morgan fingerprint density at radius 2 is 1.48 bits per heavy atom. The van der Waals surface area contributed by atoms with Gasteiger partial charge in [0.15, 0.2) is 11.6 Å². The standard InChI is InChI=1S/C19H13NO2S/c1-20-15-8-4-5-9-16(15)23-17(20)11-10-14-18(21)12-6-2-3-7-13(12)19(14)22/h2-11H,1H3/b17-11-. The van der Waals surface area contributed by atoms with E-state index in [-0.39, 0.29) is 17.1 Å². The number of thioether (sulfide) groups is 1. The highest BCUT2D eigenvalue weighted by atomic mass is 32.2. The number of allylic oxidation sites excluding steroid dienone is 3. The van der Waals surface area contributed by atoms with Gasteiger partial charge in [-0.3, -0.25) is 9.59 Å². The summed E-state index contributed by atoms with van der Waals surface area (Å²) >= 11 is 1.63. The van der Waals surface area contributed by atoms with Crippen LogP contribution in [0.1, 0.15) is 20.7 Å². The van der Waals surface area contributed by atoms with Crippen LogP contribution in [0.25, 0.3) is 0 Å². The molecule has 2 aliphatic rings. The van der Waals surface area contributed by atoms with Crippen LogP contribution in [0, 0.1) is 0 Å². The van der Waals surface area contributed by atoms with E-state index in [0.717, 1.165) is 10.7 Å². The molecule has 0 unspecified atom stereocenters. The van der Waals surface area contributed by atoms with Gasteiger partial charge in [0.1, 0.15) is 0 Å². The van der Waals surface area contributed by atoms with Crippen molar-refractivity contribution in [1.29, 1.82) is 0 Å². The van der Waals surface area contributed by atoms with Crippen molar-refractivity contribution in [2.24, 2.45) is 0 Å². The quantitative estimate of drug-likeness (QED) is 0.586. The van der Waals surface area contributed by atoms with E-state index in [1.54, 1.807) is 42.1 Å². The summed E-state index contributed by atoms with van der Waals surface area (Å²) < 4.78 is 0. The maximum Gasteiger partial charge on any atom is 0.197 e. The normalized spacial score (nSPS) is 17.7. The molecule has 112 valence electrons. The zero-order chi connectivity index (χ0) is 16.0. The number of rotatable bonds is 1. The highest BCUT2D eigenvalue weighted by molar-refractivity contribution is 8.03. The average molecular weight is 319 g/mol. The summed E-state index contributed by atoms with van der Waals surface area (Å²) in [6.45, 7) is 0. The third-order valence-electron chi connectivity index (χ3n) is 4.07. The van der Waals surface area contributed by atoms with Crippen LogP contribution >= 0.6 is 11.8 Å². The van der Waals surface area contributed by atoms with Crippen molar-refractivity contribution in [1.82, 2.24) is 0 Å². The average Bonchev–Trinajstić information content (AvgIpc) is 3.02. The maximum absolute atomic E-state index is 12.4. The molecule has 0 amide bonds. The number of carbonyl (C=O) groups is 2. The molecular formula is C19H13NO2S. The van der Waals surface area contributed by atoms with Crippen LogP contribution in [0.5, 0.6) is 0 Å². The molecule has 2 aromatic rings. The summed E-state index contributed by atoms with van der Waals surface area (Å²) in [4.78, 5) is 28.0. The molecule has 1 aliphatic carbocycles. The number of hydrogen-bond acceptors (Lipinski definition) is 4. The first-order valence-corrected chi connectivity index (χ1v) is 8.09. The SMILES string of the molecule is CN1/C(=C/C=C2C(=O)c3ccccc3C2=O)Sc2ccccc21. The van der Waals surface area contributed by atoms with Gasteiger partial charge in [-0.15, -0.1) is 0 Å². The number of fused-ring (bicyclic) bond motifs is 2. The van der Waals surface area contributed by atoms with E-state index < -0.39 is 0 Å². The number of anilines is 1. The van der Waals surface area contributed by atoms with Crippen molar-refractivity contribution < 1.29 is 9.59 Å². The van der Waals surface area contributed by atoms with Crippen molar-refractivity contribution in [2.45, 2.75) is 4.90 Å². The molecule has 0 aromatic heterocycles. The van der Waals surface area contributed by atoms with Crippen LogP contribution in [0.15, 0.2) is 76.2 Å². The Hall–Kier alpha value is -2.59. The molecule has 0 spiro atoms. The number of benzene rings is 2. The van der Waals surface area contributed by atoms with Crippen molar-refractivity contribution in [3.05, 3.63) is 82.4 Å². The van der Waals surface area contributed by atoms with Crippen molar-refractivity contribution in [3.63, 3.8) is 0 Å². The monoisotopic (exact) mass is 319 g/mol. The third kappa shape index (κ3) is 2.14. The molecule has 0 saturated carbocycles. The van der Waals surface area contributed by atoms with E-state index in [2.05, 4.69) is 17.0 Å². The first-order chi connectivity index (χ1) is 11.2. The first kappa shape index (κ1) is 14.0. The van der Waals surface area contributed by atoms with E-state index in [0.29, 0.717) is 11.1 Å². The van der Waals surface area contributed by atoms with Gasteiger partial charge in [-0.1, -0.05) is 48.2 Å². The van der Waals surface area contributed by atoms with Gasteiger partial charge in [0.25, 0.3) is 0 Å². The lowest BCUT2D eigenvalue weighted by Crippen LogP contribution is -2.09. The van der Waals surface area contributed by atoms with E-state index in [1.165, 1.54) is 4.90 Å². The predicted molar refractivity (Wildman–Crippen MR) is 92.0 cm³/mol. The zero-order valence-corrected chi connectivity index (χ0v) is 13.3. The molecule has 2 aromatic carbocycles. The van der Waals surface area contributed by atoms with Crippen LogP contribution in [0.4, 0.5) is 5.69 Å². The minimum atomic E-state index is -0.189. The molecule has 0 atom stereocenters. The summed E-state index contributed by atoms with van der Waals surface area (Å²) in [5.74, 6) is -0.378. The number of para-hydroxylation sites is 1. The molecule has 0 radical (unpaired) electrons. The van der Waals surface area contributed by atoms with Gasteiger partial charge in [0.05, 0.1) is 16.3 Å². The number of nitrogens with zero attached hydrogens (tertiary/aromatic N) is 1. The number of ketones is 2. The highest BCUT2D eigenvalue weighted by Gasteiger charge is 2.32. The maximum atomic E-state index is 12.4. The number of hydrogen-bond donors (Lipinski definition) is 0. The highest BCUT2D eigenvalue weighted by Crippen LogP contribution is 2.44. The number of Topliss-reactive ketones (excluding diaryl/α,β-unsaturated/α-hetero) is 2. The minimum Gasteiger partial charge on any atom is -0.338 e. The summed E-state index contributed by atoms with van der Waals surface area (Å²) in [6, 6.07) is 15.1. The van der Waals surface area contributed by atoms with Crippen LogP contribution < -0.4 is 4.90 Å². The van der Waals surface area contributed by atoms with Crippen LogP contribution in [-0.2, 0) is 0 Å². The lowest BCUT2D eigenvalue weighted by atomic mass is 10.1. The molecule has 4 rings (SSSR count). The molecule has 23 heavy (non-hydrogen) atoms. The molecule has 0 fully saturated rings. The second-order valence-corrected chi connectivity index (χ2v) is 6.48. The summed E-state index contributed by atoms with van der Waals surface area (Å²) in [5.41, 5.74) is 2.37. The van der Waals surface area contributed by atoms with Crippen LogP contribution in [-0.4, -0.2) is 18.6 Å². The second kappa shape index (κ2) is 5.25. The Morgan fingerprint density at radius 3 is 2.13 bits per heavy atom. The van der Waals surface area contributed by atoms with Gasteiger partial charge in [0, 0.05) is 23.1 Å². The third-order valence-corrected chi connectivity index (χ3v) is 5.25. The Kier molecular flexibility index (Phi) is 3.20. The molecule has 0 N–H and O–H groups in total. The Morgan fingerprint density at radius 1 is 0.870 bits per heavy atom. The van der Waals surface area contributed by atoms with E-state index in [4.69, 9.17) is 0 Å². The Bertz CT molecular complexity index is 874. The fourth-order valence-corrected chi connectivity index (χ4v) is 3.90. The molecule has 0 bridgehead atoms. The van der Waals surface area contributed by atoms with E-state index in [9.17, 15) is 9.59 Å². The fourth-order valence-electron chi connectivity index (χ4n) is 2.84. The smallest absolute Gasteiger partial charge is 0.197 e. The Labute approximate surface area is 138 Å². The lowest BCUT2D eigenvalue weighted by molar-refractivity contribution is 0.0989. The fraction of sp³-hybridized carbons (Fsp3) is 0.0526. The topological polar surface area (TPSA) is 37.4 Å². The minimum absolute atomic E-state index is 0.189. The van der Waals surface area contributed by atoms with Gasteiger partial charge in [-0.2, -0.15) is 0 Å². The Balaban J connectivity index is 1.69. The van der Waals surface area contributed by atoms with Crippen LogP contribution in [0.2, 0.25) is 0 Å². The zero-order valence-electron chi connectivity index (χ0n) is 12.4. The summed E-state index contributed by atoms with van der Waals surface area (Å²) in [5, 5.41) is 0.996. The van der Waals surface area contributed by atoms with Gasteiger partial charge >= 0.3 is 0 Å². The van der Waals surface area contributed by atoms with Gasteiger partial charge < -0.3 is 4.90 Å². The summed E-state index contributed by atoms with van der Waals surface area (Å²) in [6.07, 6.45) is 3.50. The molecule has 1 heterocycles. The first-order valence-electron chi connectivity index (χ1n) is 7.28. The van der Waals surface area contributed by atoms with Gasteiger partial charge in [0.2, 0.25) is 0 Å². The molecule has 4 heteroatoms. The molecule has 3 nitrogen and oxygen atoms in total. The van der Waals surface area contributed by atoms with Gasteiger partial charge in [-0.05, 0) is 24.3 Å². The number of carbonyl (C=O) groups excluding carboxylic acids is 2. The van der Waals surface area contributed by atoms with Crippen molar-refractivity contribution in [3.8, 4) is 0 Å². The lowest BCUT2D eigenvalue weighted by Gasteiger charge is -2.12. The molecule has 1 aliphatic heterocycles. The van der Waals surface area contributed by atoms with Crippen molar-refractivity contribution >= 4 is 29.0 Å². The largest absolute Gasteiger partial charge is 0.338 e. The van der Waals surface area contributed by atoms with Crippen LogP contribution in [0.3, 0.4) is 0 Å². The predicted octanol–water partition coefficient (Wildman–Crippen LogP) is 4.08.